The van der Waals surface area contributed by atoms with E-state index in [-0.39, 0.29) is 19.1 Å². The Morgan fingerprint density at radius 3 is 3.04 bits per heavy atom. The number of aryl methyl sites for hydroxylation is 1. The topological polar surface area (TPSA) is 64.4 Å². The number of hydrogen-bond acceptors (Lipinski definition) is 4. The molecule has 2 aliphatic heterocycles. The van der Waals surface area contributed by atoms with Gasteiger partial charge in [0.15, 0.2) is 6.04 Å². The third kappa shape index (κ3) is 2.74. The smallest absolute Gasteiger partial charge is 0.335 e. The molecule has 0 fully saturated rings. The molecule has 8 heteroatoms. The molecule has 4 rings (SSSR count). The minimum Gasteiger partial charge on any atom is -0.464 e. The van der Waals surface area contributed by atoms with E-state index in [2.05, 4.69) is 20.9 Å². The molecule has 0 saturated carbocycles. The lowest BCUT2D eigenvalue weighted by molar-refractivity contribution is -0.149. The van der Waals surface area contributed by atoms with Crippen LogP contribution in [0.5, 0.6) is 0 Å². The van der Waals surface area contributed by atoms with Gasteiger partial charge >= 0.3 is 5.97 Å². The summed E-state index contributed by atoms with van der Waals surface area (Å²) in [6.07, 6.45) is 3.58. The van der Waals surface area contributed by atoms with Gasteiger partial charge in [-0.15, -0.1) is 0 Å². The maximum atomic E-state index is 13.1. The van der Waals surface area contributed by atoms with E-state index in [4.69, 9.17) is 16.3 Å². The molecule has 0 unspecified atom stereocenters. The van der Waals surface area contributed by atoms with Gasteiger partial charge in [-0.2, -0.15) is 0 Å². The summed E-state index contributed by atoms with van der Waals surface area (Å²) in [6.45, 7) is 3.13. The van der Waals surface area contributed by atoms with Crippen LogP contribution in [-0.4, -0.2) is 32.9 Å². The number of ether oxygens (including phenoxy) is 1. The fraction of sp³-hybridized carbons (Fsp3) is 0.389. The molecule has 2 aliphatic rings. The van der Waals surface area contributed by atoms with E-state index in [9.17, 15) is 9.59 Å². The number of aromatic nitrogens is 2. The molecule has 0 N–H and O–H groups in total. The number of hydrogen-bond donors (Lipinski definition) is 0. The number of fused-ring (bicyclic) bond motifs is 2. The van der Waals surface area contributed by atoms with Crippen molar-refractivity contribution in [2.75, 3.05) is 6.61 Å². The van der Waals surface area contributed by atoms with E-state index in [1.165, 1.54) is 4.90 Å². The molecule has 2 aromatic rings. The molecule has 1 amide bonds. The predicted molar refractivity (Wildman–Crippen MR) is 98.9 cm³/mol. The van der Waals surface area contributed by atoms with E-state index in [1.54, 1.807) is 25.4 Å². The summed E-state index contributed by atoms with van der Waals surface area (Å²) >= 11 is 9.70. The van der Waals surface area contributed by atoms with Crippen molar-refractivity contribution < 1.29 is 14.3 Å². The van der Waals surface area contributed by atoms with Crippen molar-refractivity contribution in [3.8, 4) is 0 Å². The minimum atomic E-state index is -0.862. The number of imidazole rings is 1. The number of nitrogens with zero attached hydrogens (tertiary/aromatic N) is 3. The summed E-state index contributed by atoms with van der Waals surface area (Å²) in [4.78, 5) is 31.8. The van der Waals surface area contributed by atoms with Gasteiger partial charge in [-0.05, 0) is 31.9 Å². The first-order valence-electron chi connectivity index (χ1n) is 8.50. The quantitative estimate of drug-likeness (QED) is 0.685. The Bertz CT molecular complexity index is 911. The van der Waals surface area contributed by atoms with E-state index in [1.807, 2.05) is 4.57 Å². The van der Waals surface area contributed by atoms with Crippen LogP contribution in [0.4, 0.5) is 0 Å². The fourth-order valence-electron chi connectivity index (χ4n) is 3.70. The molecule has 1 aromatic heterocycles. The highest BCUT2D eigenvalue weighted by Gasteiger charge is 2.42. The van der Waals surface area contributed by atoms with Crippen LogP contribution >= 0.6 is 27.5 Å². The highest BCUT2D eigenvalue weighted by Crippen LogP contribution is 2.38. The highest BCUT2D eigenvalue weighted by molar-refractivity contribution is 9.10. The molecule has 0 bridgehead atoms. The van der Waals surface area contributed by atoms with Crippen molar-refractivity contribution in [2.24, 2.45) is 0 Å². The number of rotatable bonds is 4. The Morgan fingerprint density at radius 1 is 1.46 bits per heavy atom. The van der Waals surface area contributed by atoms with E-state index < -0.39 is 12.0 Å². The molecule has 1 atom stereocenters. The fourth-order valence-corrected chi connectivity index (χ4v) is 4.57. The number of carbonyl (C=O) groups is 2. The second-order valence-electron chi connectivity index (χ2n) is 6.37. The van der Waals surface area contributed by atoms with Crippen LogP contribution in [0.1, 0.15) is 46.7 Å². The largest absolute Gasteiger partial charge is 0.464 e. The van der Waals surface area contributed by atoms with Crippen molar-refractivity contribution in [1.29, 1.82) is 0 Å². The van der Waals surface area contributed by atoms with Gasteiger partial charge in [0.05, 0.1) is 18.6 Å². The number of esters is 1. The summed E-state index contributed by atoms with van der Waals surface area (Å²) < 4.78 is 8.05. The van der Waals surface area contributed by atoms with Crippen molar-refractivity contribution in [1.82, 2.24) is 14.5 Å². The Labute approximate surface area is 164 Å². The number of benzene rings is 1. The summed E-state index contributed by atoms with van der Waals surface area (Å²) in [5.74, 6) is -0.696. The van der Waals surface area contributed by atoms with Gasteiger partial charge in [-0.1, -0.05) is 27.5 Å². The van der Waals surface area contributed by atoms with Crippen LogP contribution < -0.4 is 0 Å². The van der Waals surface area contributed by atoms with E-state index in [0.29, 0.717) is 16.3 Å². The van der Waals surface area contributed by atoms with Gasteiger partial charge in [0.2, 0.25) is 0 Å². The second-order valence-corrected chi connectivity index (χ2v) is 7.70. The van der Waals surface area contributed by atoms with Gasteiger partial charge in [-0.25, -0.2) is 9.78 Å². The number of carbonyl (C=O) groups excluding carboxylic acids is 2. The minimum absolute atomic E-state index is 0.235. The first kappa shape index (κ1) is 17.5. The molecular weight excluding hydrogens is 422 g/mol. The molecule has 0 aliphatic carbocycles. The van der Waals surface area contributed by atoms with Crippen LogP contribution in [0.2, 0.25) is 5.02 Å². The first-order chi connectivity index (χ1) is 12.5. The Balaban J connectivity index is 1.77. The Hall–Kier alpha value is -1.86. The first-order valence-corrected chi connectivity index (χ1v) is 9.67. The zero-order valence-corrected chi connectivity index (χ0v) is 16.5. The van der Waals surface area contributed by atoms with Crippen LogP contribution in [-0.2, 0) is 29.0 Å². The van der Waals surface area contributed by atoms with Gasteiger partial charge in [0, 0.05) is 39.4 Å². The SMILES string of the molecule is CCOC(=O)[C@@H](c1ncn2c1CCC2)N1Cc2c(Cl)cc(Br)cc2C1=O. The van der Waals surface area contributed by atoms with Gasteiger partial charge in [0.25, 0.3) is 5.91 Å². The van der Waals surface area contributed by atoms with Crippen LogP contribution in [0.3, 0.4) is 0 Å². The van der Waals surface area contributed by atoms with Crippen LogP contribution in [0, 0.1) is 0 Å². The molecule has 6 nitrogen and oxygen atoms in total. The average Bonchev–Trinajstić information content (AvgIpc) is 3.26. The summed E-state index contributed by atoms with van der Waals surface area (Å²) in [5.41, 5.74) is 2.84. The predicted octanol–water partition coefficient (Wildman–Crippen LogP) is 3.51. The highest BCUT2D eigenvalue weighted by atomic mass is 79.9. The molecular formula is C18H17BrClN3O3. The molecule has 0 saturated heterocycles. The monoisotopic (exact) mass is 437 g/mol. The Kier molecular flexibility index (Phi) is 4.52. The van der Waals surface area contributed by atoms with Crippen molar-refractivity contribution in [3.05, 3.63) is 50.5 Å². The van der Waals surface area contributed by atoms with Crippen molar-refractivity contribution in [2.45, 2.75) is 38.9 Å². The van der Waals surface area contributed by atoms with Crippen molar-refractivity contribution >= 4 is 39.4 Å². The molecule has 1 aromatic carbocycles. The molecule has 3 heterocycles. The average molecular weight is 439 g/mol. The van der Waals surface area contributed by atoms with Crippen molar-refractivity contribution in [3.63, 3.8) is 0 Å². The van der Waals surface area contributed by atoms with E-state index in [0.717, 1.165) is 35.1 Å². The summed E-state index contributed by atoms with van der Waals surface area (Å²) in [5, 5.41) is 0.503. The van der Waals surface area contributed by atoms with Gasteiger partial charge in [-0.3, -0.25) is 4.79 Å². The second kappa shape index (κ2) is 6.70. The summed E-state index contributed by atoms with van der Waals surface area (Å²) in [7, 11) is 0. The van der Waals surface area contributed by atoms with Gasteiger partial charge < -0.3 is 14.2 Å². The lowest BCUT2D eigenvalue weighted by Gasteiger charge is -2.25. The molecule has 26 heavy (non-hydrogen) atoms. The van der Waals surface area contributed by atoms with E-state index >= 15 is 0 Å². The summed E-state index contributed by atoms with van der Waals surface area (Å²) in [6, 6.07) is 2.63. The lowest BCUT2D eigenvalue weighted by atomic mass is 10.1. The number of halogens is 2. The normalized spacial score (nSPS) is 16.6. The zero-order chi connectivity index (χ0) is 18.4. The number of amides is 1. The van der Waals surface area contributed by atoms with Gasteiger partial charge in [0.1, 0.15) is 0 Å². The standard InChI is InChI=1S/C18H17BrClN3O3/c1-2-26-18(25)16(15-14-4-3-5-22(14)9-21-15)23-8-12-11(17(23)24)6-10(19)7-13(12)20/h6-7,9,16H,2-5,8H2,1H3/t16-/m1/s1. The Morgan fingerprint density at radius 2 is 2.27 bits per heavy atom. The van der Waals surface area contributed by atoms with Crippen LogP contribution in [0.15, 0.2) is 22.9 Å². The lowest BCUT2D eigenvalue weighted by Crippen LogP contribution is -2.36. The molecule has 136 valence electrons. The zero-order valence-electron chi connectivity index (χ0n) is 14.2. The third-order valence-corrected chi connectivity index (χ3v) is 5.65. The maximum Gasteiger partial charge on any atom is 0.335 e. The van der Waals surface area contributed by atoms with Crippen LogP contribution in [0.25, 0.3) is 0 Å². The molecule has 0 radical (unpaired) electrons. The maximum absolute atomic E-state index is 13.1. The third-order valence-electron chi connectivity index (χ3n) is 4.85. The molecule has 0 spiro atoms.